The summed E-state index contributed by atoms with van der Waals surface area (Å²) in [5.74, 6) is -3.80. The average molecular weight is 805 g/mol. The van der Waals surface area contributed by atoms with E-state index < -0.39 is 30.4 Å². The van der Waals surface area contributed by atoms with Crippen molar-refractivity contribution in [1.82, 2.24) is 15.0 Å². The zero-order valence-corrected chi connectivity index (χ0v) is 29.9. The van der Waals surface area contributed by atoms with Crippen LogP contribution >= 0.6 is 24.8 Å². The number of carboxylic acid groups (broad SMARTS) is 3. The third kappa shape index (κ3) is 49.6. The molecule has 16 nitrogen and oxygen atoms in total. The van der Waals surface area contributed by atoms with Gasteiger partial charge in [-0.15, -0.1) is 24.8 Å². The van der Waals surface area contributed by atoms with Gasteiger partial charge in [0.05, 0.1) is 19.4 Å². The van der Waals surface area contributed by atoms with Crippen molar-refractivity contribution < 1.29 is 57.1 Å². The number of nitrogens with two attached hydrogens (primary N) is 2. The molecule has 0 saturated carbocycles. The second-order valence-electron chi connectivity index (χ2n) is 9.17. The Morgan fingerprint density at radius 3 is 1.34 bits per heavy atom. The maximum atomic E-state index is 11.1. The molecule has 3 aromatic heterocycles. The normalized spacial score (nSPS) is 9.38. The number of halogens is 2. The fourth-order valence-electron chi connectivity index (χ4n) is 2.59. The Bertz CT molecular complexity index is 1260. The number of carbonyl (C=O) groups is 5. The highest BCUT2D eigenvalue weighted by molar-refractivity contribution is 5.88. The molecule has 0 fully saturated rings. The molecule has 9 N–H and O–H groups in total. The molecule has 3 heterocycles. The Hall–Kier alpha value is -4.58. The van der Waals surface area contributed by atoms with E-state index in [-0.39, 0.29) is 87.5 Å². The van der Waals surface area contributed by atoms with Crippen molar-refractivity contribution >= 4 is 55.0 Å². The highest BCUT2D eigenvalue weighted by Crippen LogP contribution is 2.12. The van der Waals surface area contributed by atoms with Crippen molar-refractivity contribution in [1.29, 1.82) is 0 Å². The maximum Gasteiger partial charge on any atom is 0.314 e. The highest BCUT2D eigenvalue weighted by Gasteiger charge is 2.12. The van der Waals surface area contributed by atoms with Crippen molar-refractivity contribution in [3.63, 3.8) is 0 Å². The van der Waals surface area contributed by atoms with Crippen LogP contribution in [0.5, 0.6) is 0 Å². The number of aliphatic carboxylic acids is 3. The summed E-state index contributed by atoms with van der Waals surface area (Å²) in [7, 11) is 0. The van der Waals surface area contributed by atoms with E-state index in [0.29, 0.717) is 12.2 Å². The van der Waals surface area contributed by atoms with Crippen molar-refractivity contribution in [2.45, 2.75) is 87.4 Å². The Morgan fingerprint density at radius 2 is 1.11 bits per heavy atom. The van der Waals surface area contributed by atoms with E-state index in [0.717, 1.165) is 17.4 Å². The average Bonchev–Trinajstić information content (AvgIpc) is 3.02. The van der Waals surface area contributed by atoms with Gasteiger partial charge in [-0.25, -0.2) is 0 Å². The standard InChI is InChI=1S/C10H14N2O2.C8H10N2O2.C6H5NO.C3H4O4.C3H8O.C2H6O.3CH4.2ClH.2H2/c1-2-14-10(13)6-9(11)8-4-3-5-12-7-8;9-7(4-8(11)12)6-2-1-3-10-5-6;8-5-6-2-1-3-7-4-6;4-2(5)1-3(6)7;1-3(2)4;1-2-3;;;;;;;/h3-5,7,9H,2,6,11H2,1H3;1-3,5,7H,4,9H2,(H,11,12);1-5H;1H2,(H,4,5)(H,6,7);3-4H,1-2H3;3H,2H2,1H3;3*1H4;4*1H/i;;;;;;;;;;;2*1+1. The minimum Gasteiger partial charge on any atom is -0.481 e. The molecule has 2 unspecified atom stereocenters. The third-order valence-electron chi connectivity index (χ3n) is 4.43. The maximum absolute atomic E-state index is 11.1. The second kappa shape index (κ2) is 45.4. The lowest BCUT2D eigenvalue weighted by Crippen LogP contribution is -2.17. The summed E-state index contributed by atoms with van der Waals surface area (Å²) in [5.41, 5.74) is 13.6. The smallest absolute Gasteiger partial charge is 0.314 e. The van der Waals surface area contributed by atoms with Crippen molar-refractivity contribution in [3.8, 4) is 0 Å². The van der Waals surface area contributed by atoms with Gasteiger partial charge in [-0.05, 0) is 63.1 Å². The summed E-state index contributed by atoms with van der Waals surface area (Å²) in [6.45, 7) is 7.53. The van der Waals surface area contributed by atoms with Gasteiger partial charge in [0.15, 0.2) is 6.29 Å². The van der Waals surface area contributed by atoms with Crippen LogP contribution in [-0.2, 0) is 23.9 Å². The molecule has 3 aromatic rings. The van der Waals surface area contributed by atoms with Crippen molar-refractivity contribution in [2.75, 3.05) is 13.2 Å². The minimum atomic E-state index is -1.31. The number of esters is 1. The number of carboxylic acids is 3. The van der Waals surface area contributed by atoms with E-state index in [1.165, 1.54) is 6.20 Å². The number of aliphatic hydroxyl groups is 2. The topological polar surface area (TPSA) is 286 Å². The molecule has 0 radical (unpaired) electrons. The van der Waals surface area contributed by atoms with Crippen LogP contribution in [0.2, 0.25) is 0 Å². The third-order valence-corrected chi connectivity index (χ3v) is 4.43. The fraction of sp³-hybridized carbons (Fsp3) is 0.429. The number of hydrogen-bond acceptors (Lipinski definition) is 13. The molecule has 0 bridgehead atoms. The largest absolute Gasteiger partial charge is 0.481 e. The first-order chi connectivity index (χ1) is 22.6. The van der Waals surface area contributed by atoms with Crippen LogP contribution in [-0.4, -0.2) is 90.0 Å². The number of ether oxygens (including phenoxy) is 1. The summed E-state index contributed by atoms with van der Waals surface area (Å²) in [5, 5.41) is 39.5. The van der Waals surface area contributed by atoms with E-state index in [1.807, 2.05) is 6.07 Å². The Labute approximate surface area is 328 Å². The van der Waals surface area contributed by atoms with Crippen LogP contribution < -0.4 is 11.5 Å². The first-order valence-corrected chi connectivity index (χ1v) is 14.4. The van der Waals surface area contributed by atoms with E-state index in [4.69, 9.17) is 41.7 Å². The van der Waals surface area contributed by atoms with Gasteiger partial charge in [-0.2, -0.15) is 0 Å². The SMILES string of the molecule is C.C.C.CC(C)O.CCO.CCOC(=O)CC(N)c1cccnc1.Cl.Cl.NC(CC(=O)O)c1cccnc1.O=C(O)CC(=O)O.O=Cc1cccnc1.[2HH].[2HH]. The summed E-state index contributed by atoms with van der Waals surface area (Å²) in [6.07, 6.45) is 9.60. The lowest BCUT2D eigenvalue weighted by atomic mass is 10.1. The van der Waals surface area contributed by atoms with Crippen LogP contribution in [0.1, 0.15) is 106 Å². The van der Waals surface area contributed by atoms with E-state index >= 15 is 0 Å². The van der Waals surface area contributed by atoms with Gasteiger partial charge in [0.1, 0.15) is 6.42 Å². The van der Waals surface area contributed by atoms with E-state index in [2.05, 4.69) is 15.0 Å². The van der Waals surface area contributed by atoms with Crippen LogP contribution in [0, 0.1) is 0 Å². The Balaban J connectivity index is -0.0000000570. The van der Waals surface area contributed by atoms with Crippen LogP contribution in [0.3, 0.4) is 0 Å². The molecule has 18 heteroatoms. The predicted octanol–water partition coefficient (Wildman–Crippen LogP) is 5.66. The van der Waals surface area contributed by atoms with E-state index in [1.54, 1.807) is 89.0 Å². The molecule has 0 aliphatic carbocycles. The molecule has 3 rings (SSSR count). The van der Waals surface area contributed by atoms with E-state index in [9.17, 15) is 24.0 Å². The quantitative estimate of drug-likeness (QED) is 0.0739. The van der Waals surface area contributed by atoms with Gasteiger partial charge >= 0.3 is 23.9 Å². The molecular formula is C35H65Cl2N5O11. The summed E-state index contributed by atoms with van der Waals surface area (Å²) in [6, 6.07) is 9.78. The number of nitrogens with zero attached hydrogens (tertiary/aromatic N) is 3. The fourth-order valence-corrected chi connectivity index (χ4v) is 2.59. The van der Waals surface area contributed by atoms with Crippen molar-refractivity contribution in [3.05, 3.63) is 90.3 Å². The minimum absolute atomic E-state index is 0. The summed E-state index contributed by atoms with van der Waals surface area (Å²) < 4.78 is 4.79. The molecule has 0 aliphatic heterocycles. The summed E-state index contributed by atoms with van der Waals surface area (Å²) >= 11 is 0. The number of aromatic nitrogens is 3. The lowest BCUT2D eigenvalue weighted by molar-refractivity contribution is -0.147. The number of pyridine rings is 3. The first kappa shape index (κ1) is 66.6. The zero-order valence-electron chi connectivity index (χ0n) is 28.3. The zero-order chi connectivity index (χ0) is 37.3. The second-order valence-corrected chi connectivity index (χ2v) is 9.17. The van der Waals surface area contributed by atoms with Gasteiger partial charge in [-0.1, -0.05) is 34.4 Å². The van der Waals surface area contributed by atoms with Gasteiger partial charge in [-0.3, -0.25) is 38.9 Å². The predicted molar refractivity (Wildman–Crippen MR) is 214 cm³/mol. The first-order valence-electron chi connectivity index (χ1n) is 14.4. The molecule has 0 aliphatic rings. The highest BCUT2D eigenvalue weighted by atomic mass is 35.5. The number of carbonyl (C=O) groups excluding carboxylic acids is 2. The van der Waals surface area contributed by atoms with Crippen LogP contribution in [0.15, 0.2) is 73.6 Å². The molecule has 53 heavy (non-hydrogen) atoms. The molecule has 0 amide bonds. The number of aldehydes is 1. The molecule has 0 aromatic carbocycles. The van der Waals surface area contributed by atoms with Crippen LogP contribution in [0.25, 0.3) is 0 Å². The summed E-state index contributed by atoms with van der Waals surface area (Å²) in [4.78, 5) is 61.7. The molecule has 0 spiro atoms. The van der Waals surface area contributed by atoms with Gasteiger partial charge < -0.3 is 41.7 Å². The van der Waals surface area contributed by atoms with Gasteiger partial charge in [0, 0.05) is 70.4 Å². The molecular weight excluding hydrogens is 737 g/mol. The van der Waals surface area contributed by atoms with Crippen LogP contribution in [0.4, 0.5) is 0 Å². The number of hydrogen-bond donors (Lipinski definition) is 7. The Morgan fingerprint density at radius 1 is 0.755 bits per heavy atom. The molecule has 0 saturated heterocycles. The monoisotopic (exact) mass is 803 g/mol. The molecule has 2 atom stereocenters. The van der Waals surface area contributed by atoms with Crippen molar-refractivity contribution in [2.24, 2.45) is 11.5 Å². The lowest BCUT2D eigenvalue weighted by Gasteiger charge is -2.09. The van der Waals surface area contributed by atoms with Gasteiger partial charge in [0.25, 0.3) is 0 Å². The Kier molecular flexibility index (Phi) is 57.1. The van der Waals surface area contributed by atoms with Gasteiger partial charge in [0.2, 0.25) is 0 Å². The number of rotatable bonds is 10. The molecule has 310 valence electrons. The number of aliphatic hydroxyl groups excluding tert-OH is 2.